The summed E-state index contributed by atoms with van der Waals surface area (Å²) in [5, 5.41) is 9.09. The molecule has 0 aromatic heterocycles. The zero-order chi connectivity index (χ0) is 10.8. The second kappa shape index (κ2) is 3.87. The summed E-state index contributed by atoms with van der Waals surface area (Å²) in [5.41, 5.74) is -0.769. The van der Waals surface area contributed by atoms with Gasteiger partial charge in [0, 0.05) is 7.05 Å². The molecular formula is C9H16N2O2S. The topological polar surface area (TPSA) is 61.2 Å². The van der Waals surface area contributed by atoms with Gasteiger partial charge in [-0.15, -0.1) is 0 Å². The average molecular weight is 216 g/mol. The highest BCUT2D eigenvalue weighted by Gasteiger charge is 2.42. The molecule has 1 saturated carbocycles. The molecule has 0 atom stereocenters. The molecule has 0 unspecified atom stereocenters. The summed E-state index contributed by atoms with van der Waals surface area (Å²) >= 11 is 0. The van der Waals surface area contributed by atoms with E-state index in [1.54, 1.807) is 6.92 Å². The van der Waals surface area contributed by atoms with E-state index in [2.05, 4.69) is 6.07 Å². The molecule has 0 N–H and O–H groups in total. The van der Waals surface area contributed by atoms with Crippen molar-refractivity contribution in [1.82, 2.24) is 4.31 Å². The number of hydrogen-bond donors (Lipinski definition) is 0. The van der Waals surface area contributed by atoms with Gasteiger partial charge in [0.05, 0.1) is 11.8 Å². The molecule has 1 fully saturated rings. The molecule has 0 amide bonds. The Bertz CT molecular complexity index is 336. The van der Waals surface area contributed by atoms with E-state index in [9.17, 15) is 8.42 Å². The molecule has 0 aromatic carbocycles. The molecule has 80 valence electrons. The molecule has 0 spiro atoms. The second-order valence-corrected chi connectivity index (χ2v) is 6.01. The first kappa shape index (κ1) is 11.5. The van der Waals surface area contributed by atoms with E-state index in [-0.39, 0.29) is 5.75 Å². The molecule has 0 aromatic rings. The molecule has 0 bridgehead atoms. The fourth-order valence-electron chi connectivity index (χ4n) is 1.92. The average Bonchev–Trinajstić information content (AvgIpc) is 2.66. The van der Waals surface area contributed by atoms with Crippen LogP contribution in [0.2, 0.25) is 0 Å². The predicted octanol–water partition coefficient (Wildman–Crippen LogP) is 1.10. The smallest absolute Gasteiger partial charge is 0.212 e. The number of nitriles is 1. The van der Waals surface area contributed by atoms with Gasteiger partial charge in [-0.05, 0) is 19.8 Å². The van der Waals surface area contributed by atoms with Crippen LogP contribution < -0.4 is 0 Å². The second-order valence-electron chi connectivity index (χ2n) is 3.72. The highest BCUT2D eigenvalue weighted by atomic mass is 32.2. The predicted molar refractivity (Wildman–Crippen MR) is 54.0 cm³/mol. The third kappa shape index (κ3) is 1.77. The quantitative estimate of drug-likeness (QED) is 0.710. The van der Waals surface area contributed by atoms with Gasteiger partial charge in [-0.1, -0.05) is 12.8 Å². The van der Waals surface area contributed by atoms with Gasteiger partial charge in [0.15, 0.2) is 0 Å². The lowest BCUT2D eigenvalue weighted by molar-refractivity contribution is 0.294. The zero-order valence-electron chi connectivity index (χ0n) is 8.65. The Morgan fingerprint density at radius 3 is 2.29 bits per heavy atom. The number of hydrogen-bond acceptors (Lipinski definition) is 3. The SMILES string of the molecule is CCS(=O)(=O)N(C)C1(C#N)CCCC1. The molecule has 0 radical (unpaired) electrons. The Morgan fingerprint density at radius 1 is 1.43 bits per heavy atom. The first-order valence-electron chi connectivity index (χ1n) is 4.86. The molecule has 0 saturated heterocycles. The van der Waals surface area contributed by atoms with E-state index in [0.717, 1.165) is 12.8 Å². The van der Waals surface area contributed by atoms with Gasteiger partial charge < -0.3 is 0 Å². The van der Waals surface area contributed by atoms with Gasteiger partial charge >= 0.3 is 0 Å². The Kier molecular flexibility index (Phi) is 3.17. The normalized spacial score (nSPS) is 21.0. The Hall–Kier alpha value is -0.600. The minimum Gasteiger partial charge on any atom is -0.212 e. The maximum Gasteiger partial charge on any atom is 0.214 e. The highest BCUT2D eigenvalue weighted by Crippen LogP contribution is 2.35. The van der Waals surface area contributed by atoms with Gasteiger partial charge in [-0.25, -0.2) is 8.42 Å². The molecule has 0 heterocycles. The lowest BCUT2D eigenvalue weighted by Gasteiger charge is -2.30. The van der Waals surface area contributed by atoms with E-state index in [1.165, 1.54) is 11.4 Å². The largest absolute Gasteiger partial charge is 0.214 e. The van der Waals surface area contributed by atoms with Crippen molar-refractivity contribution in [3.05, 3.63) is 0 Å². The summed E-state index contributed by atoms with van der Waals surface area (Å²) in [6.07, 6.45) is 3.22. The molecule has 5 heteroatoms. The van der Waals surface area contributed by atoms with Crippen LogP contribution in [0.25, 0.3) is 0 Å². The summed E-state index contributed by atoms with van der Waals surface area (Å²) in [4.78, 5) is 0. The Labute approximate surface area is 85.6 Å². The summed E-state index contributed by atoms with van der Waals surface area (Å²) < 4.78 is 24.5. The zero-order valence-corrected chi connectivity index (χ0v) is 9.47. The fourth-order valence-corrected chi connectivity index (χ4v) is 3.06. The third-order valence-corrected chi connectivity index (χ3v) is 4.94. The highest BCUT2D eigenvalue weighted by molar-refractivity contribution is 7.89. The molecule has 1 aliphatic carbocycles. The van der Waals surface area contributed by atoms with Crippen LogP contribution in [0.1, 0.15) is 32.6 Å². The first-order chi connectivity index (χ1) is 6.48. The minimum atomic E-state index is -3.24. The van der Waals surface area contributed by atoms with E-state index in [0.29, 0.717) is 12.8 Å². The molecule has 0 aliphatic heterocycles. The van der Waals surface area contributed by atoms with Crippen LogP contribution in [0, 0.1) is 11.3 Å². The van der Waals surface area contributed by atoms with Crippen molar-refractivity contribution >= 4 is 10.0 Å². The van der Waals surface area contributed by atoms with Gasteiger partial charge in [-0.2, -0.15) is 9.57 Å². The number of sulfonamides is 1. The molecule has 14 heavy (non-hydrogen) atoms. The maximum atomic E-state index is 11.6. The number of rotatable bonds is 3. The van der Waals surface area contributed by atoms with Gasteiger partial charge in [0.25, 0.3) is 0 Å². The monoisotopic (exact) mass is 216 g/mol. The van der Waals surface area contributed by atoms with Crippen LogP contribution in [0.4, 0.5) is 0 Å². The van der Waals surface area contributed by atoms with E-state index < -0.39 is 15.6 Å². The van der Waals surface area contributed by atoms with Crippen LogP contribution >= 0.6 is 0 Å². The van der Waals surface area contributed by atoms with Gasteiger partial charge in [0.1, 0.15) is 5.54 Å². The van der Waals surface area contributed by atoms with Gasteiger partial charge in [0.2, 0.25) is 10.0 Å². The number of nitrogens with zero attached hydrogens (tertiary/aromatic N) is 2. The summed E-state index contributed by atoms with van der Waals surface area (Å²) in [7, 11) is -1.72. The van der Waals surface area contributed by atoms with Crippen molar-refractivity contribution in [1.29, 1.82) is 5.26 Å². The van der Waals surface area contributed by atoms with Crippen LogP contribution in [-0.2, 0) is 10.0 Å². The molecular weight excluding hydrogens is 200 g/mol. The lowest BCUT2D eigenvalue weighted by atomic mass is 10.0. The van der Waals surface area contributed by atoms with E-state index in [1.807, 2.05) is 0 Å². The van der Waals surface area contributed by atoms with Crippen LogP contribution in [-0.4, -0.2) is 31.1 Å². The van der Waals surface area contributed by atoms with Crippen LogP contribution in [0.5, 0.6) is 0 Å². The van der Waals surface area contributed by atoms with Gasteiger partial charge in [-0.3, -0.25) is 0 Å². The lowest BCUT2D eigenvalue weighted by Crippen LogP contribution is -2.47. The summed E-state index contributed by atoms with van der Waals surface area (Å²) in [5.74, 6) is 0.0624. The van der Waals surface area contributed by atoms with Crippen molar-refractivity contribution in [2.45, 2.75) is 38.1 Å². The van der Waals surface area contributed by atoms with Crippen LogP contribution in [0.3, 0.4) is 0 Å². The molecule has 1 rings (SSSR count). The first-order valence-corrected chi connectivity index (χ1v) is 6.47. The van der Waals surface area contributed by atoms with Crippen molar-refractivity contribution in [3.63, 3.8) is 0 Å². The van der Waals surface area contributed by atoms with Crippen LogP contribution in [0.15, 0.2) is 0 Å². The summed E-state index contributed by atoms with van der Waals surface area (Å²) in [6.45, 7) is 1.60. The maximum absolute atomic E-state index is 11.6. The van der Waals surface area contributed by atoms with Crippen molar-refractivity contribution in [2.24, 2.45) is 0 Å². The fraction of sp³-hybridized carbons (Fsp3) is 0.889. The van der Waals surface area contributed by atoms with Crippen molar-refractivity contribution in [2.75, 3.05) is 12.8 Å². The van der Waals surface area contributed by atoms with E-state index >= 15 is 0 Å². The standard InChI is InChI=1S/C9H16N2O2S/c1-3-14(12,13)11(2)9(8-10)6-4-5-7-9/h3-7H2,1-2H3. The third-order valence-electron chi connectivity index (χ3n) is 3.02. The van der Waals surface area contributed by atoms with Crippen molar-refractivity contribution < 1.29 is 8.42 Å². The Balaban J connectivity index is 2.98. The molecule has 4 nitrogen and oxygen atoms in total. The van der Waals surface area contributed by atoms with E-state index in [4.69, 9.17) is 5.26 Å². The minimum absolute atomic E-state index is 0.0624. The summed E-state index contributed by atoms with van der Waals surface area (Å²) in [6, 6.07) is 2.16. The molecule has 1 aliphatic rings. The Morgan fingerprint density at radius 2 is 1.93 bits per heavy atom. The van der Waals surface area contributed by atoms with Crippen molar-refractivity contribution in [3.8, 4) is 6.07 Å².